The molecule has 0 spiro atoms. The number of aliphatic hydroxyl groups is 1. The maximum Gasteiger partial charge on any atom is 0.0701 e. The fourth-order valence-corrected chi connectivity index (χ4v) is 2.56. The van der Waals surface area contributed by atoms with Crippen LogP contribution in [0.5, 0.6) is 0 Å². The first-order valence-electron chi connectivity index (χ1n) is 6.23. The van der Waals surface area contributed by atoms with Gasteiger partial charge in [-0.2, -0.15) is 0 Å². The van der Waals surface area contributed by atoms with Crippen molar-refractivity contribution < 1.29 is 14.6 Å². The highest BCUT2D eigenvalue weighted by Gasteiger charge is 2.39. The van der Waals surface area contributed by atoms with Crippen LogP contribution in [0.15, 0.2) is 0 Å². The van der Waals surface area contributed by atoms with E-state index in [4.69, 9.17) is 9.47 Å². The zero-order valence-corrected chi connectivity index (χ0v) is 10.2. The molecule has 0 aliphatic carbocycles. The quantitative estimate of drug-likeness (QED) is 0.745. The molecule has 0 saturated carbocycles. The Morgan fingerprint density at radius 1 is 1.38 bits per heavy atom. The molecule has 16 heavy (non-hydrogen) atoms. The van der Waals surface area contributed by atoms with E-state index in [1.165, 1.54) is 19.3 Å². The van der Waals surface area contributed by atoms with Crippen molar-refractivity contribution >= 4 is 0 Å². The van der Waals surface area contributed by atoms with E-state index in [1.54, 1.807) is 0 Å². The number of nitrogens with zero attached hydrogens (tertiary/aromatic N) is 1. The van der Waals surface area contributed by atoms with Crippen LogP contribution in [0.4, 0.5) is 0 Å². The lowest BCUT2D eigenvalue weighted by atomic mass is 9.86. The molecule has 4 nitrogen and oxygen atoms in total. The predicted molar refractivity (Wildman–Crippen MR) is 61.4 cm³/mol. The zero-order valence-electron chi connectivity index (χ0n) is 10.2. The Hall–Kier alpha value is -0.160. The first-order chi connectivity index (χ1) is 7.74. The van der Waals surface area contributed by atoms with E-state index in [0.29, 0.717) is 19.3 Å². The largest absolute Gasteiger partial charge is 0.396 e. The fraction of sp³-hybridized carbons (Fsp3) is 1.00. The van der Waals surface area contributed by atoms with E-state index < -0.39 is 0 Å². The number of likely N-dealkylation sites (N-methyl/N-ethyl adjacent to an activating group) is 1. The van der Waals surface area contributed by atoms with Gasteiger partial charge in [-0.25, -0.2) is 0 Å². The third-order valence-corrected chi connectivity index (χ3v) is 3.55. The zero-order chi connectivity index (χ0) is 11.4. The minimum atomic E-state index is -0.0105. The molecule has 0 radical (unpaired) electrons. The Kier molecular flexibility index (Phi) is 4.19. The highest BCUT2D eigenvalue weighted by Crippen LogP contribution is 2.27. The third-order valence-electron chi connectivity index (χ3n) is 3.55. The smallest absolute Gasteiger partial charge is 0.0701 e. The van der Waals surface area contributed by atoms with Gasteiger partial charge >= 0.3 is 0 Å². The molecule has 4 heteroatoms. The summed E-state index contributed by atoms with van der Waals surface area (Å²) in [5, 5.41) is 9.35. The van der Waals surface area contributed by atoms with Crippen molar-refractivity contribution in [1.82, 2.24) is 4.90 Å². The number of hydrogen-bond acceptors (Lipinski definition) is 4. The molecule has 1 N–H and O–H groups in total. The van der Waals surface area contributed by atoms with Crippen LogP contribution in [0, 0.1) is 5.41 Å². The summed E-state index contributed by atoms with van der Waals surface area (Å²) in [7, 11) is 2.10. The van der Waals surface area contributed by atoms with E-state index in [9.17, 15) is 5.11 Å². The summed E-state index contributed by atoms with van der Waals surface area (Å²) in [5.74, 6) is 0. The molecule has 2 rings (SSSR count). The highest BCUT2D eigenvalue weighted by atomic mass is 16.5. The van der Waals surface area contributed by atoms with Crippen LogP contribution in [-0.4, -0.2) is 62.7 Å². The first kappa shape index (κ1) is 12.3. The summed E-state index contributed by atoms with van der Waals surface area (Å²) in [4.78, 5) is 2.27. The second kappa shape index (κ2) is 5.45. The van der Waals surface area contributed by atoms with Crippen molar-refractivity contribution in [3.63, 3.8) is 0 Å². The van der Waals surface area contributed by atoms with Gasteiger partial charge in [-0.1, -0.05) is 0 Å². The minimum Gasteiger partial charge on any atom is -0.396 e. The molecule has 1 unspecified atom stereocenters. The number of hydrogen-bond donors (Lipinski definition) is 1. The van der Waals surface area contributed by atoms with Gasteiger partial charge in [0.2, 0.25) is 0 Å². The van der Waals surface area contributed by atoms with Crippen molar-refractivity contribution in [1.29, 1.82) is 0 Å². The first-order valence-corrected chi connectivity index (χ1v) is 6.23. The van der Waals surface area contributed by atoms with E-state index in [2.05, 4.69) is 11.9 Å². The maximum absolute atomic E-state index is 9.35. The van der Waals surface area contributed by atoms with Gasteiger partial charge in [0.1, 0.15) is 0 Å². The van der Waals surface area contributed by atoms with E-state index in [-0.39, 0.29) is 12.0 Å². The van der Waals surface area contributed by atoms with Gasteiger partial charge in [0.25, 0.3) is 0 Å². The lowest BCUT2D eigenvalue weighted by Crippen LogP contribution is -2.53. The maximum atomic E-state index is 9.35. The Morgan fingerprint density at radius 3 is 2.69 bits per heavy atom. The third kappa shape index (κ3) is 2.94. The van der Waals surface area contributed by atoms with Crippen LogP contribution in [0.1, 0.15) is 19.3 Å². The summed E-state index contributed by atoms with van der Waals surface area (Å²) in [5.41, 5.74) is -0.0105. The molecule has 0 bridgehead atoms. The highest BCUT2D eigenvalue weighted by molar-refractivity contribution is 4.88. The minimum absolute atomic E-state index is 0.0105. The van der Waals surface area contributed by atoms with E-state index >= 15 is 0 Å². The standard InChI is InChI=1S/C12H23NO3/c1-13(6-11-4-2-3-5-16-11)7-12(8-14)9-15-10-12/h11,14H,2-10H2,1H3. The molecule has 0 amide bonds. The van der Waals surface area contributed by atoms with Crippen molar-refractivity contribution in [2.75, 3.05) is 46.6 Å². The van der Waals surface area contributed by atoms with Crippen LogP contribution in [0.2, 0.25) is 0 Å². The summed E-state index contributed by atoms with van der Waals surface area (Å²) < 4.78 is 10.9. The van der Waals surface area contributed by atoms with Crippen LogP contribution >= 0.6 is 0 Å². The Morgan fingerprint density at radius 2 is 2.19 bits per heavy atom. The van der Waals surface area contributed by atoms with Gasteiger partial charge in [-0.15, -0.1) is 0 Å². The van der Waals surface area contributed by atoms with Crippen molar-refractivity contribution in [3.8, 4) is 0 Å². The predicted octanol–water partition coefficient (Wildman–Crippen LogP) is 0.496. The normalized spacial score (nSPS) is 29.1. The van der Waals surface area contributed by atoms with Gasteiger partial charge in [0.05, 0.1) is 31.3 Å². The molecule has 1 atom stereocenters. The second-order valence-electron chi connectivity index (χ2n) is 5.34. The molecule has 94 valence electrons. The Labute approximate surface area is 97.5 Å². The van der Waals surface area contributed by atoms with Gasteiger partial charge in [-0.05, 0) is 26.3 Å². The monoisotopic (exact) mass is 229 g/mol. The molecule has 2 fully saturated rings. The number of aliphatic hydroxyl groups excluding tert-OH is 1. The lowest BCUT2D eigenvalue weighted by Gasteiger charge is -2.43. The second-order valence-corrected chi connectivity index (χ2v) is 5.34. The summed E-state index contributed by atoms with van der Waals surface area (Å²) in [6.45, 7) is 4.40. The molecule has 0 aromatic carbocycles. The molecule has 0 aromatic heterocycles. The van der Waals surface area contributed by atoms with Crippen LogP contribution in [0.3, 0.4) is 0 Å². The number of rotatable bonds is 5. The van der Waals surface area contributed by atoms with E-state index in [1.807, 2.05) is 0 Å². The Balaban J connectivity index is 1.72. The molecular formula is C12H23NO3. The fourth-order valence-electron chi connectivity index (χ4n) is 2.56. The lowest BCUT2D eigenvalue weighted by molar-refractivity contribution is -0.149. The number of ether oxygens (including phenoxy) is 2. The van der Waals surface area contributed by atoms with Crippen LogP contribution in [-0.2, 0) is 9.47 Å². The molecule has 2 heterocycles. The molecular weight excluding hydrogens is 206 g/mol. The van der Waals surface area contributed by atoms with Crippen molar-refractivity contribution in [2.24, 2.45) is 5.41 Å². The summed E-state index contributed by atoms with van der Waals surface area (Å²) >= 11 is 0. The van der Waals surface area contributed by atoms with Crippen molar-refractivity contribution in [2.45, 2.75) is 25.4 Å². The topological polar surface area (TPSA) is 41.9 Å². The van der Waals surface area contributed by atoms with Crippen molar-refractivity contribution in [3.05, 3.63) is 0 Å². The van der Waals surface area contributed by atoms with Gasteiger partial charge < -0.3 is 19.5 Å². The molecule has 2 aliphatic rings. The van der Waals surface area contributed by atoms with Crippen LogP contribution < -0.4 is 0 Å². The van der Waals surface area contributed by atoms with Gasteiger partial charge in [0.15, 0.2) is 0 Å². The average molecular weight is 229 g/mol. The van der Waals surface area contributed by atoms with Gasteiger partial charge in [0, 0.05) is 19.7 Å². The van der Waals surface area contributed by atoms with Gasteiger partial charge in [-0.3, -0.25) is 0 Å². The van der Waals surface area contributed by atoms with E-state index in [0.717, 1.165) is 19.7 Å². The van der Waals surface area contributed by atoms with Crippen LogP contribution in [0.25, 0.3) is 0 Å². The summed E-state index contributed by atoms with van der Waals surface area (Å²) in [6.07, 6.45) is 4.05. The average Bonchev–Trinajstić information content (AvgIpc) is 2.25. The molecule has 0 aromatic rings. The SMILES string of the molecule is CN(CC1CCCCO1)CC1(CO)COC1. The molecule has 2 saturated heterocycles. The Bertz CT molecular complexity index is 207. The molecule has 2 aliphatic heterocycles. The summed E-state index contributed by atoms with van der Waals surface area (Å²) in [6, 6.07) is 0.